The fraction of sp³-hybridized carbons (Fsp3) is 0.323. The fourth-order valence-electron chi connectivity index (χ4n) is 4.28. The largest absolute Gasteiger partial charge is 0.444 e. The van der Waals surface area contributed by atoms with Gasteiger partial charge in [0.05, 0.1) is 10.9 Å². The van der Waals surface area contributed by atoms with E-state index in [-0.39, 0.29) is 24.0 Å². The molecule has 0 saturated heterocycles. The summed E-state index contributed by atoms with van der Waals surface area (Å²) in [6.45, 7) is 7.67. The Balaban J connectivity index is 1.63. The molecule has 0 fully saturated rings. The van der Waals surface area contributed by atoms with Crippen LogP contribution >= 0.6 is 0 Å². The maximum atomic E-state index is 13.7. The molecule has 2 aromatic carbocycles. The van der Waals surface area contributed by atoms with E-state index in [1.54, 1.807) is 64.2 Å². The van der Waals surface area contributed by atoms with Crippen molar-refractivity contribution in [2.75, 3.05) is 30.4 Å². The molecule has 0 bridgehead atoms. The third-order valence-electron chi connectivity index (χ3n) is 6.40. The Labute approximate surface area is 239 Å². The van der Waals surface area contributed by atoms with Crippen molar-refractivity contribution in [2.24, 2.45) is 0 Å². The number of anilines is 2. The average molecular weight is 558 g/mol. The summed E-state index contributed by atoms with van der Waals surface area (Å²) in [4.78, 5) is 50.9. The zero-order valence-corrected chi connectivity index (χ0v) is 24.0. The minimum absolute atomic E-state index is 0.0936. The third kappa shape index (κ3) is 7.69. The van der Waals surface area contributed by atoms with Gasteiger partial charge in [0.2, 0.25) is 0 Å². The Bertz CT molecular complexity index is 1570. The van der Waals surface area contributed by atoms with Crippen LogP contribution in [0.15, 0.2) is 76.2 Å². The maximum absolute atomic E-state index is 13.7. The van der Waals surface area contributed by atoms with Crippen molar-refractivity contribution in [3.63, 3.8) is 0 Å². The molecule has 4 rings (SSSR count). The van der Waals surface area contributed by atoms with Gasteiger partial charge in [-0.25, -0.2) is 19.3 Å². The number of aromatic nitrogens is 2. The van der Waals surface area contributed by atoms with Gasteiger partial charge in [-0.05, 0) is 75.4 Å². The summed E-state index contributed by atoms with van der Waals surface area (Å²) < 4.78 is 11.0. The molecule has 0 unspecified atom stereocenters. The number of nitrogens with one attached hydrogen (secondary N) is 1. The number of rotatable bonds is 8. The molecule has 214 valence electrons. The van der Waals surface area contributed by atoms with Gasteiger partial charge in [-0.3, -0.25) is 10.3 Å². The quantitative estimate of drug-likeness (QED) is 0.300. The number of benzene rings is 2. The van der Waals surface area contributed by atoms with Gasteiger partial charge in [-0.15, -0.1) is 0 Å². The van der Waals surface area contributed by atoms with Crippen LogP contribution in [-0.2, 0) is 17.6 Å². The summed E-state index contributed by atoms with van der Waals surface area (Å²) in [6, 6.07) is 16.4. The first-order chi connectivity index (χ1) is 19.5. The normalized spacial score (nSPS) is 11.2. The summed E-state index contributed by atoms with van der Waals surface area (Å²) in [5.41, 5.74) is 1.93. The second-order valence-electron chi connectivity index (χ2n) is 10.7. The van der Waals surface area contributed by atoms with E-state index in [4.69, 9.17) is 9.15 Å². The predicted molar refractivity (Wildman–Crippen MR) is 158 cm³/mol. The number of aryl methyl sites for hydroxylation is 1. The Morgan fingerprint density at radius 3 is 2.37 bits per heavy atom. The number of nitrogens with zero attached hydrogens (tertiary/aromatic N) is 4. The number of fused-ring (bicyclic) bond motifs is 1. The number of likely N-dealkylation sites (N-methyl/N-ethyl adjacent to an activating group) is 1. The number of ether oxygens (including phenoxy) is 1. The highest BCUT2D eigenvalue weighted by Gasteiger charge is 2.25. The van der Waals surface area contributed by atoms with E-state index in [0.717, 1.165) is 11.1 Å². The molecule has 0 atom stereocenters. The van der Waals surface area contributed by atoms with E-state index in [0.29, 0.717) is 36.2 Å². The molecule has 4 aromatic rings. The van der Waals surface area contributed by atoms with Crippen LogP contribution in [0.2, 0.25) is 0 Å². The van der Waals surface area contributed by atoms with Crippen LogP contribution < -0.4 is 15.8 Å². The molecule has 1 N–H and O–H groups in total. The van der Waals surface area contributed by atoms with Crippen LogP contribution in [0.5, 0.6) is 0 Å². The summed E-state index contributed by atoms with van der Waals surface area (Å²) >= 11 is 0. The van der Waals surface area contributed by atoms with Crippen molar-refractivity contribution in [1.29, 1.82) is 0 Å². The summed E-state index contributed by atoms with van der Waals surface area (Å²) in [5.74, 6) is 0. The number of urea groups is 1. The van der Waals surface area contributed by atoms with Gasteiger partial charge in [0.1, 0.15) is 5.60 Å². The molecule has 2 aromatic heterocycles. The number of amides is 3. The SMILES string of the molecule is Cc1c(NC(=O)OC(C)(C)C)ccc2nc(N(CCc3ccccc3)C(=O)N(C)CCc3cccnc3)oc(=O)c12. The third-order valence-corrected chi connectivity index (χ3v) is 6.40. The van der Waals surface area contributed by atoms with E-state index < -0.39 is 17.3 Å². The lowest BCUT2D eigenvalue weighted by molar-refractivity contribution is 0.0635. The van der Waals surface area contributed by atoms with Gasteiger partial charge in [0.15, 0.2) is 0 Å². The van der Waals surface area contributed by atoms with Gasteiger partial charge in [-0.1, -0.05) is 36.4 Å². The molecule has 2 heterocycles. The molecule has 0 radical (unpaired) electrons. The molecular formula is C31H35N5O5. The van der Waals surface area contributed by atoms with Crippen molar-refractivity contribution in [3.8, 4) is 0 Å². The first kappa shape index (κ1) is 29.3. The minimum Gasteiger partial charge on any atom is -0.444 e. The second-order valence-corrected chi connectivity index (χ2v) is 10.7. The average Bonchev–Trinajstić information content (AvgIpc) is 2.93. The first-order valence-corrected chi connectivity index (χ1v) is 13.4. The lowest BCUT2D eigenvalue weighted by Gasteiger charge is -2.26. The molecule has 10 heteroatoms. The highest BCUT2D eigenvalue weighted by Crippen LogP contribution is 2.25. The zero-order valence-electron chi connectivity index (χ0n) is 24.0. The molecule has 0 spiro atoms. The van der Waals surface area contributed by atoms with Crippen molar-refractivity contribution >= 4 is 34.7 Å². The Morgan fingerprint density at radius 2 is 1.68 bits per heavy atom. The van der Waals surface area contributed by atoms with Crippen molar-refractivity contribution in [2.45, 2.75) is 46.1 Å². The van der Waals surface area contributed by atoms with Crippen LogP contribution in [0.25, 0.3) is 10.9 Å². The van der Waals surface area contributed by atoms with E-state index in [1.807, 2.05) is 42.5 Å². The molecule has 0 aliphatic carbocycles. The second kappa shape index (κ2) is 12.6. The van der Waals surface area contributed by atoms with Crippen molar-refractivity contribution in [1.82, 2.24) is 14.9 Å². The van der Waals surface area contributed by atoms with Crippen LogP contribution in [0.4, 0.5) is 21.3 Å². The summed E-state index contributed by atoms with van der Waals surface area (Å²) in [6.07, 6.45) is 3.98. The Hall–Kier alpha value is -4.73. The lowest BCUT2D eigenvalue weighted by atomic mass is 10.1. The summed E-state index contributed by atoms with van der Waals surface area (Å²) in [5, 5.41) is 2.89. The van der Waals surface area contributed by atoms with E-state index in [1.165, 1.54) is 4.90 Å². The first-order valence-electron chi connectivity index (χ1n) is 13.4. The minimum atomic E-state index is -0.675. The van der Waals surface area contributed by atoms with E-state index >= 15 is 0 Å². The highest BCUT2D eigenvalue weighted by atomic mass is 16.6. The zero-order chi connectivity index (χ0) is 29.6. The van der Waals surface area contributed by atoms with Gasteiger partial charge >= 0.3 is 23.8 Å². The van der Waals surface area contributed by atoms with E-state index in [9.17, 15) is 14.4 Å². The van der Waals surface area contributed by atoms with Crippen LogP contribution in [0.3, 0.4) is 0 Å². The smallest absolute Gasteiger partial charge is 0.412 e. The van der Waals surface area contributed by atoms with Crippen LogP contribution in [0, 0.1) is 6.92 Å². The highest BCUT2D eigenvalue weighted by molar-refractivity contribution is 5.94. The fourth-order valence-corrected chi connectivity index (χ4v) is 4.28. The maximum Gasteiger partial charge on any atom is 0.412 e. The molecule has 0 saturated carbocycles. The number of hydrogen-bond donors (Lipinski definition) is 1. The lowest BCUT2D eigenvalue weighted by Crippen LogP contribution is -2.44. The summed E-state index contributed by atoms with van der Waals surface area (Å²) in [7, 11) is 1.70. The standard InChI is InChI=1S/C31H35N5O5/c1-21-24(34-29(38)41-31(2,3)4)13-14-25-26(21)27(37)40-28(33-25)36(19-16-22-10-7-6-8-11-22)30(39)35(5)18-15-23-12-9-17-32-20-23/h6-14,17,20H,15-16,18-19H2,1-5H3,(H,34,38). The molecule has 10 nitrogen and oxygen atoms in total. The molecule has 3 amide bonds. The van der Waals surface area contributed by atoms with Gasteiger partial charge in [0, 0.05) is 38.2 Å². The topological polar surface area (TPSA) is 118 Å². The molecular weight excluding hydrogens is 522 g/mol. The van der Waals surface area contributed by atoms with Gasteiger partial charge in [0.25, 0.3) is 0 Å². The van der Waals surface area contributed by atoms with Gasteiger partial charge < -0.3 is 14.1 Å². The number of carbonyl (C=O) groups is 2. The molecule has 41 heavy (non-hydrogen) atoms. The van der Waals surface area contributed by atoms with Crippen LogP contribution in [-0.4, -0.2) is 52.7 Å². The molecule has 0 aliphatic heterocycles. The number of hydrogen-bond acceptors (Lipinski definition) is 7. The molecule has 0 aliphatic rings. The van der Waals surface area contributed by atoms with Crippen molar-refractivity contribution < 1.29 is 18.7 Å². The van der Waals surface area contributed by atoms with E-state index in [2.05, 4.69) is 15.3 Å². The van der Waals surface area contributed by atoms with Gasteiger partial charge in [-0.2, -0.15) is 4.98 Å². The monoisotopic (exact) mass is 557 g/mol. The van der Waals surface area contributed by atoms with Crippen LogP contribution in [0.1, 0.15) is 37.5 Å². The van der Waals surface area contributed by atoms with Crippen molar-refractivity contribution in [3.05, 3.63) is 94.1 Å². The Morgan fingerprint density at radius 1 is 0.976 bits per heavy atom. The number of carbonyl (C=O) groups excluding carboxylic acids is 2. The predicted octanol–water partition coefficient (Wildman–Crippen LogP) is 5.58. The number of pyridine rings is 1. The Kier molecular flexibility index (Phi) is 9.01.